The van der Waals surface area contributed by atoms with E-state index in [2.05, 4.69) is 46.8 Å². The molecule has 0 spiro atoms. The summed E-state index contributed by atoms with van der Waals surface area (Å²) in [6.45, 7) is 14.2. The van der Waals surface area contributed by atoms with Gasteiger partial charge in [0.1, 0.15) is 0 Å². The van der Waals surface area contributed by atoms with Gasteiger partial charge in [-0.2, -0.15) is 0 Å². The molecule has 0 aromatic carbocycles. The average molecular weight is 321 g/mol. The molecule has 0 amide bonds. The first-order chi connectivity index (χ1) is 10.7. The van der Waals surface area contributed by atoms with Crippen LogP contribution in [0, 0.1) is 0 Å². The van der Waals surface area contributed by atoms with Crippen LogP contribution in [-0.4, -0.2) is 17.5 Å². The van der Waals surface area contributed by atoms with E-state index in [-0.39, 0.29) is 12.4 Å². The maximum atomic E-state index is 10.7. The topological polar surface area (TPSA) is 37.3 Å². The van der Waals surface area contributed by atoms with Gasteiger partial charge in [0.25, 0.3) is 0 Å². The Kier molecular flexibility index (Phi) is 16.1. The van der Waals surface area contributed by atoms with E-state index in [4.69, 9.17) is 5.11 Å². The van der Waals surface area contributed by atoms with Crippen LogP contribution in [0.5, 0.6) is 0 Å². The molecule has 23 heavy (non-hydrogen) atoms. The zero-order valence-electron chi connectivity index (χ0n) is 16.2. The van der Waals surface area contributed by atoms with Crippen LogP contribution in [0.4, 0.5) is 0 Å². The van der Waals surface area contributed by atoms with Crippen molar-refractivity contribution < 1.29 is 9.90 Å². The normalized spacial score (nSPS) is 11.3. The first-order valence-electron chi connectivity index (χ1n) is 8.40. The zero-order valence-corrected chi connectivity index (χ0v) is 16.2. The number of aliphatic hydroxyl groups excluding tert-OH is 1. The van der Waals surface area contributed by atoms with Crippen molar-refractivity contribution >= 4 is 5.78 Å². The molecular formula is C21H36O2. The zero-order chi connectivity index (χ0) is 18.3. The van der Waals surface area contributed by atoms with E-state index in [1.54, 1.807) is 13.0 Å². The number of hydrogen-bond donors (Lipinski definition) is 1. The quantitative estimate of drug-likeness (QED) is 0.444. The summed E-state index contributed by atoms with van der Waals surface area (Å²) in [5.41, 5.74) is 5.14. The van der Waals surface area contributed by atoms with Gasteiger partial charge in [0.15, 0.2) is 5.78 Å². The molecule has 0 bridgehead atoms. The molecule has 0 fully saturated rings. The Hall–Kier alpha value is -1.41. The maximum Gasteiger partial charge on any atom is 0.152 e. The minimum Gasteiger partial charge on any atom is -0.392 e. The number of allylic oxidation sites excluding steroid dienone is 7. The van der Waals surface area contributed by atoms with Crippen LogP contribution in [0.15, 0.2) is 46.6 Å². The lowest BCUT2D eigenvalue weighted by Crippen LogP contribution is -1.85. The fourth-order valence-corrected chi connectivity index (χ4v) is 1.85. The highest BCUT2D eigenvalue weighted by Crippen LogP contribution is 2.06. The Morgan fingerprint density at radius 3 is 1.52 bits per heavy atom. The highest BCUT2D eigenvalue weighted by atomic mass is 16.2. The molecule has 2 heteroatoms. The molecule has 0 radical (unpaired) electrons. The van der Waals surface area contributed by atoms with Crippen molar-refractivity contribution in [2.75, 3.05) is 6.61 Å². The second-order valence-electron chi connectivity index (χ2n) is 6.47. The number of aliphatic hydroxyl groups is 1. The van der Waals surface area contributed by atoms with E-state index in [1.807, 2.05) is 13.0 Å². The van der Waals surface area contributed by atoms with Crippen LogP contribution >= 0.6 is 0 Å². The van der Waals surface area contributed by atoms with E-state index in [9.17, 15) is 4.79 Å². The van der Waals surface area contributed by atoms with Crippen molar-refractivity contribution in [2.45, 2.75) is 74.1 Å². The molecule has 0 aromatic rings. The van der Waals surface area contributed by atoms with Gasteiger partial charge in [0.2, 0.25) is 0 Å². The van der Waals surface area contributed by atoms with Crippen LogP contribution in [0.1, 0.15) is 74.1 Å². The molecule has 0 unspecified atom stereocenters. The summed E-state index contributed by atoms with van der Waals surface area (Å²) in [4.78, 5) is 10.7. The van der Waals surface area contributed by atoms with Crippen LogP contribution < -0.4 is 0 Å². The SMILES string of the molecule is CC(=O)/C=C(\C)CCC=C(C)C.CC(C)=CCC/C(C)=C/CO. The Morgan fingerprint density at radius 2 is 1.17 bits per heavy atom. The number of rotatable bonds is 8. The van der Waals surface area contributed by atoms with E-state index < -0.39 is 0 Å². The standard InChI is InChI=1S/C11H18O.C10H18O/c1-9(2)6-5-7-10(3)8-11(4)12;1-9(2)5-4-6-10(3)7-8-11/h6,8H,5,7H2,1-4H3;5,7,11H,4,6,8H2,1-3H3/b10-8+;10-7+. The van der Waals surface area contributed by atoms with Crippen LogP contribution in [0.2, 0.25) is 0 Å². The lowest BCUT2D eigenvalue weighted by Gasteiger charge is -1.96. The summed E-state index contributed by atoms with van der Waals surface area (Å²) in [6.07, 6.45) is 12.2. The summed E-state index contributed by atoms with van der Waals surface area (Å²) >= 11 is 0. The van der Waals surface area contributed by atoms with Gasteiger partial charge >= 0.3 is 0 Å². The Morgan fingerprint density at radius 1 is 0.739 bits per heavy atom. The van der Waals surface area contributed by atoms with Gasteiger partial charge < -0.3 is 5.11 Å². The van der Waals surface area contributed by atoms with Gasteiger partial charge in [0, 0.05) is 0 Å². The van der Waals surface area contributed by atoms with Crippen LogP contribution in [-0.2, 0) is 4.79 Å². The van der Waals surface area contributed by atoms with E-state index in [0.717, 1.165) is 25.7 Å². The van der Waals surface area contributed by atoms with Gasteiger partial charge in [-0.15, -0.1) is 0 Å². The Bertz CT molecular complexity index is 440. The molecule has 0 aliphatic heterocycles. The van der Waals surface area contributed by atoms with Gasteiger partial charge in [-0.05, 0) is 80.2 Å². The van der Waals surface area contributed by atoms with Gasteiger partial charge in [-0.1, -0.05) is 40.5 Å². The van der Waals surface area contributed by atoms with E-state index in [0.29, 0.717) is 0 Å². The second kappa shape index (κ2) is 15.5. The van der Waals surface area contributed by atoms with Crippen LogP contribution in [0.25, 0.3) is 0 Å². The number of carbonyl (C=O) groups is 1. The molecule has 132 valence electrons. The van der Waals surface area contributed by atoms with Crippen molar-refractivity contribution in [1.82, 2.24) is 0 Å². The number of ketones is 1. The van der Waals surface area contributed by atoms with Gasteiger partial charge in [0.05, 0.1) is 6.61 Å². The van der Waals surface area contributed by atoms with Crippen molar-refractivity contribution in [3.05, 3.63) is 46.6 Å². The Labute approximate surface area is 143 Å². The molecule has 0 aliphatic rings. The highest BCUT2D eigenvalue weighted by Gasteiger charge is 1.90. The molecule has 0 heterocycles. The van der Waals surface area contributed by atoms with Gasteiger partial charge in [-0.25, -0.2) is 0 Å². The third-order valence-electron chi connectivity index (χ3n) is 3.07. The van der Waals surface area contributed by atoms with Crippen LogP contribution in [0.3, 0.4) is 0 Å². The first-order valence-corrected chi connectivity index (χ1v) is 8.40. The monoisotopic (exact) mass is 320 g/mol. The second-order valence-corrected chi connectivity index (χ2v) is 6.47. The molecule has 0 rings (SSSR count). The summed E-state index contributed by atoms with van der Waals surface area (Å²) in [5, 5.41) is 8.55. The minimum absolute atomic E-state index is 0.143. The van der Waals surface area contributed by atoms with E-state index in [1.165, 1.54) is 22.3 Å². The van der Waals surface area contributed by atoms with Crippen molar-refractivity contribution in [1.29, 1.82) is 0 Å². The summed E-state index contributed by atoms with van der Waals surface area (Å²) in [6, 6.07) is 0. The molecule has 0 saturated carbocycles. The first kappa shape index (κ1) is 23.9. The third kappa shape index (κ3) is 23.0. The lowest BCUT2D eigenvalue weighted by molar-refractivity contribution is -0.112. The predicted molar refractivity (Wildman–Crippen MR) is 103 cm³/mol. The fourth-order valence-electron chi connectivity index (χ4n) is 1.85. The predicted octanol–water partition coefficient (Wildman–Crippen LogP) is 5.94. The fraction of sp³-hybridized carbons (Fsp3) is 0.571. The maximum absolute atomic E-state index is 10.7. The van der Waals surface area contributed by atoms with E-state index >= 15 is 0 Å². The third-order valence-corrected chi connectivity index (χ3v) is 3.07. The van der Waals surface area contributed by atoms with Crippen molar-refractivity contribution in [3.63, 3.8) is 0 Å². The van der Waals surface area contributed by atoms with Gasteiger partial charge in [-0.3, -0.25) is 4.79 Å². The van der Waals surface area contributed by atoms with Crippen molar-refractivity contribution in [2.24, 2.45) is 0 Å². The molecular weight excluding hydrogens is 284 g/mol. The van der Waals surface area contributed by atoms with Crippen molar-refractivity contribution in [3.8, 4) is 0 Å². The molecule has 0 atom stereocenters. The summed E-state index contributed by atoms with van der Waals surface area (Å²) in [5.74, 6) is 0.143. The molecule has 1 N–H and O–H groups in total. The number of hydrogen-bond acceptors (Lipinski definition) is 2. The Balaban J connectivity index is 0. The molecule has 0 aromatic heterocycles. The smallest absolute Gasteiger partial charge is 0.152 e. The molecule has 0 saturated heterocycles. The highest BCUT2D eigenvalue weighted by molar-refractivity contribution is 5.87. The summed E-state index contributed by atoms with van der Waals surface area (Å²) < 4.78 is 0. The number of carbonyl (C=O) groups excluding carboxylic acids is 1. The lowest BCUT2D eigenvalue weighted by atomic mass is 10.1. The summed E-state index contributed by atoms with van der Waals surface area (Å²) in [7, 11) is 0. The molecule has 2 nitrogen and oxygen atoms in total. The largest absolute Gasteiger partial charge is 0.392 e. The minimum atomic E-state index is 0.143. The average Bonchev–Trinajstić information content (AvgIpc) is 2.37. The molecule has 0 aliphatic carbocycles.